The molecular weight excluding hydrogens is 256 g/mol. The second kappa shape index (κ2) is 6.11. The van der Waals surface area contributed by atoms with Crippen LogP contribution in [0.2, 0.25) is 0 Å². The average Bonchev–Trinajstić information content (AvgIpc) is 2.84. The Labute approximate surface area is 119 Å². The zero-order valence-corrected chi connectivity index (χ0v) is 11.8. The molecule has 2 heterocycles. The maximum absolute atomic E-state index is 10.3. The molecule has 1 aromatic heterocycles. The first-order valence-corrected chi connectivity index (χ1v) is 7.54. The third-order valence-corrected chi connectivity index (χ3v) is 4.34. The molecule has 3 atom stereocenters. The van der Waals surface area contributed by atoms with E-state index in [0.717, 1.165) is 19.6 Å². The summed E-state index contributed by atoms with van der Waals surface area (Å²) in [5.41, 5.74) is 6.27. The molecule has 1 aromatic rings. The van der Waals surface area contributed by atoms with Crippen molar-refractivity contribution in [2.75, 3.05) is 25.4 Å². The van der Waals surface area contributed by atoms with Gasteiger partial charge in [-0.3, -0.25) is 9.58 Å². The number of ether oxygens (including phenoxy) is 1. The van der Waals surface area contributed by atoms with Crippen molar-refractivity contribution < 1.29 is 9.84 Å². The Morgan fingerprint density at radius 3 is 3.05 bits per heavy atom. The van der Waals surface area contributed by atoms with Gasteiger partial charge in [-0.2, -0.15) is 5.10 Å². The van der Waals surface area contributed by atoms with Crippen LogP contribution in [-0.4, -0.2) is 57.7 Å². The molecule has 0 amide bonds. The molecule has 0 radical (unpaired) electrons. The molecule has 2 fully saturated rings. The van der Waals surface area contributed by atoms with E-state index >= 15 is 0 Å². The summed E-state index contributed by atoms with van der Waals surface area (Å²) in [6.45, 7) is 2.87. The summed E-state index contributed by atoms with van der Waals surface area (Å²) in [6.07, 6.45) is 8.20. The van der Waals surface area contributed by atoms with Crippen LogP contribution in [0.3, 0.4) is 0 Å². The summed E-state index contributed by atoms with van der Waals surface area (Å²) >= 11 is 0. The molecule has 3 rings (SSSR count). The fraction of sp³-hybridized carbons (Fsp3) is 0.786. The number of hydrogen-bond donors (Lipinski definition) is 2. The zero-order chi connectivity index (χ0) is 13.9. The van der Waals surface area contributed by atoms with E-state index in [0.29, 0.717) is 30.9 Å². The van der Waals surface area contributed by atoms with Crippen LogP contribution in [0.4, 0.5) is 5.69 Å². The van der Waals surface area contributed by atoms with Crippen molar-refractivity contribution in [3.63, 3.8) is 0 Å². The quantitative estimate of drug-likeness (QED) is 0.838. The van der Waals surface area contributed by atoms with Crippen LogP contribution in [-0.2, 0) is 11.3 Å². The summed E-state index contributed by atoms with van der Waals surface area (Å²) < 4.78 is 7.57. The van der Waals surface area contributed by atoms with Crippen LogP contribution in [0, 0.1) is 0 Å². The fourth-order valence-corrected chi connectivity index (χ4v) is 3.43. The molecular formula is C14H24N4O2. The van der Waals surface area contributed by atoms with Crippen molar-refractivity contribution >= 4 is 5.69 Å². The summed E-state index contributed by atoms with van der Waals surface area (Å²) in [6, 6.07) is 0.481. The Balaban J connectivity index is 1.55. The molecule has 2 aliphatic rings. The number of β-amino-alcohol motifs (C(OH)–C–C–N with tert-alkyl or cyclic N) is 1. The maximum Gasteiger partial charge on any atom is 0.0862 e. The Kier molecular flexibility index (Phi) is 4.24. The van der Waals surface area contributed by atoms with E-state index in [1.165, 1.54) is 19.3 Å². The van der Waals surface area contributed by atoms with Crippen molar-refractivity contribution in [2.24, 2.45) is 0 Å². The Morgan fingerprint density at radius 1 is 1.40 bits per heavy atom. The van der Waals surface area contributed by atoms with Crippen molar-refractivity contribution in [1.29, 1.82) is 0 Å². The molecule has 0 aromatic carbocycles. The minimum atomic E-state index is -0.421. The lowest BCUT2D eigenvalue weighted by Gasteiger charge is -2.44. The lowest BCUT2D eigenvalue weighted by molar-refractivity contribution is -0.0981. The molecule has 112 valence electrons. The van der Waals surface area contributed by atoms with Crippen LogP contribution < -0.4 is 5.73 Å². The summed E-state index contributed by atoms with van der Waals surface area (Å²) in [5, 5.41) is 14.4. The van der Waals surface area contributed by atoms with Gasteiger partial charge in [0.15, 0.2) is 0 Å². The molecule has 6 heteroatoms. The van der Waals surface area contributed by atoms with E-state index in [1.54, 1.807) is 17.1 Å². The molecule has 3 N–H and O–H groups in total. The SMILES string of the molecule is Nc1cnn(CC(O)CN2CCOC3CCCCC32)c1. The predicted octanol–water partition coefficient (Wildman–Crippen LogP) is 0.470. The monoisotopic (exact) mass is 280 g/mol. The third kappa shape index (κ3) is 3.13. The van der Waals surface area contributed by atoms with E-state index in [1.807, 2.05) is 0 Å². The number of nitrogens with zero attached hydrogens (tertiary/aromatic N) is 3. The smallest absolute Gasteiger partial charge is 0.0862 e. The standard InChI is InChI=1S/C14H24N4O2/c15-11-7-16-18(8-11)10-12(19)9-17-5-6-20-14-4-2-1-3-13(14)17/h7-8,12-14,19H,1-6,9-10,15H2. The lowest BCUT2D eigenvalue weighted by Crippen LogP contribution is -2.54. The summed E-state index contributed by atoms with van der Waals surface area (Å²) in [5.74, 6) is 0. The highest BCUT2D eigenvalue weighted by Crippen LogP contribution is 2.28. The van der Waals surface area contributed by atoms with Gasteiger partial charge in [0.2, 0.25) is 0 Å². The van der Waals surface area contributed by atoms with Gasteiger partial charge < -0.3 is 15.6 Å². The highest BCUT2D eigenvalue weighted by molar-refractivity contribution is 5.30. The van der Waals surface area contributed by atoms with E-state index in [4.69, 9.17) is 10.5 Å². The third-order valence-electron chi connectivity index (χ3n) is 4.34. The number of hydrogen-bond acceptors (Lipinski definition) is 5. The summed E-state index contributed by atoms with van der Waals surface area (Å²) in [4.78, 5) is 2.39. The first-order chi connectivity index (χ1) is 9.72. The number of fused-ring (bicyclic) bond motifs is 1. The van der Waals surface area contributed by atoms with E-state index in [2.05, 4.69) is 10.00 Å². The van der Waals surface area contributed by atoms with Crippen LogP contribution >= 0.6 is 0 Å². The predicted molar refractivity (Wildman–Crippen MR) is 76.2 cm³/mol. The van der Waals surface area contributed by atoms with E-state index in [9.17, 15) is 5.11 Å². The molecule has 1 saturated carbocycles. The summed E-state index contributed by atoms with van der Waals surface area (Å²) in [7, 11) is 0. The number of aliphatic hydroxyl groups is 1. The topological polar surface area (TPSA) is 76.5 Å². The number of anilines is 1. The number of rotatable bonds is 4. The minimum Gasteiger partial charge on any atom is -0.396 e. The van der Waals surface area contributed by atoms with Gasteiger partial charge in [0.05, 0.1) is 37.2 Å². The number of nitrogen functional groups attached to an aromatic ring is 1. The molecule has 0 bridgehead atoms. The van der Waals surface area contributed by atoms with Gasteiger partial charge in [-0.1, -0.05) is 12.8 Å². The highest BCUT2D eigenvalue weighted by Gasteiger charge is 2.34. The molecule has 3 unspecified atom stereocenters. The molecule has 0 spiro atoms. The normalized spacial score (nSPS) is 29.1. The van der Waals surface area contributed by atoms with Gasteiger partial charge in [0.25, 0.3) is 0 Å². The molecule has 6 nitrogen and oxygen atoms in total. The van der Waals surface area contributed by atoms with Crippen molar-refractivity contribution in [3.05, 3.63) is 12.4 Å². The minimum absolute atomic E-state index is 0.366. The van der Waals surface area contributed by atoms with Crippen LogP contribution in [0.25, 0.3) is 0 Å². The van der Waals surface area contributed by atoms with Gasteiger partial charge in [-0.15, -0.1) is 0 Å². The zero-order valence-electron chi connectivity index (χ0n) is 11.8. The molecule has 1 saturated heterocycles. The van der Waals surface area contributed by atoms with Gasteiger partial charge in [-0.05, 0) is 12.8 Å². The van der Waals surface area contributed by atoms with Crippen LogP contribution in [0.5, 0.6) is 0 Å². The van der Waals surface area contributed by atoms with Crippen molar-refractivity contribution in [3.8, 4) is 0 Å². The number of nitrogens with two attached hydrogens (primary N) is 1. The Hall–Kier alpha value is -1.11. The fourth-order valence-electron chi connectivity index (χ4n) is 3.43. The highest BCUT2D eigenvalue weighted by atomic mass is 16.5. The molecule has 20 heavy (non-hydrogen) atoms. The first-order valence-electron chi connectivity index (χ1n) is 7.54. The van der Waals surface area contributed by atoms with Gasteiger partial charge in [-0.25, -0.2) is 0 Å². The van der Waals surface area contributed by atoms with E-state index in [-0.39, 0.29) is 0 Å². The van der Waals surface area contributed by atoms with Crippen LogP contribution in [0.15, 0.2) is 12.4 Å². The van der Waals surface area contributed by atoms with Gasteiger partial charge >= 0.3 is 0 Å². The number of morpholine rings is 1. The first kappa shape index (κ1) is 13.9. The largest absolute Gasteiger partial charge is 0.396 e. The Bertz CT molecular complexity index is 435. The average molecular weight is 280 g/mol. The molecule has 1 aliphatic carbocycles. The van der Waals surface area contributed by atoms with Gasteiger partial charge in [0.1, 0.15) is 0 Å². The second-order valence-corrected chi connectivity index (χ2v) is 5.91. The number of aliphatic hydroxyl groups excluding tert-OH is 1. The second-order valence-electron chi connectivity index (χ2n) is 5.91. The maximum atomic E-state index is 10.3. The van der Waals surface area contributed by atoms with Crippen LogP contribution in [0.1, 0.15) is 25.7 Å². The molecule has 1 aliphatic heterocycles. The Morgan fingerprint density at radius 2 is 2.25 bits per heavy atom. The lowest BCUT2D eigenvalue weighted by atomic mass is 9.90. The van der Waals surface area contributed by atoms with Crippen molar-refractivity contribution in [2.45, 2.75) is 50.5 Å². The van der Waals surface area contributed by atoms with E-state index < -0.39 is 6.10 Å². The van der Waals surface area contributed by atoms with Crippen molar-refractivity contribution in [1.82, 2.24) is 14.7 Å². The number of aromatic nitrogens is 2. The van der Waals surface area contributed by atoms with Gasteiger partial charge in [0, 0.05) is 25.3 Å².